The summed E-state index contributed by atoms with van der Waals surface area (Å²) in [5.74, 6) is 1.01. The Kier molecular flexibility index (Phi) is 5.15. The van der Waals surface area contributed by atoms with E-state index in [4.69, 9.17) is 0 Å². The van der Waals surface area contributed by atoms with Crippen molar-refractivity contribution in [1.29, 1.82) is 0 Å². The van der Waals surface area contributed by atoms with Crippen molar-refractivity contribution in [3.05, 3.63) is 11.6 Å². The van der Waals surface area contributed by atoms with Gasteiger partial charge in [-0.3, -0.25) is 0 Å². The first-order valence-corrected chi connectivity index (χ1v) is 9.50. The van der Waals surface area contributed by atoms with Crippen molar-refractivity contribution in [3.8, 4) is 0 Å². The predicted molar refractivity (Wildman–Crippen MR) is 89.6 cm³/mol. The van der Waals surface area contributed by atoms with Crippen LogP contribution in [0, 0.1) is 11.3 Å². The number of hydrogen-bond acceptors (Lipinski definition) is 0. The fraction of sp³-hybridized carbons (Fsp3) is 0.889. The summed E-state index contributed by atoms with van der Waals surface area (Å²) in [7, 11) is 1.23. The largest absolute Gasteiger partial charge is 0.115 e. The van der Waals surface area contributed by atoms with Crippen molar-refractivity contribution in [3.63, 3.8) is 0 Å². The van der Waals surface area contributed by atoms with Gasteiger partial charge in [0, 0.05) is 0 Å². The molecule has 110 valence electrons. The van der Waals surface area contributed by atoms with E-state index in [1.54, 1.807) is 0 Å². The van der Waals surface area contributed by atoms with E-state index in [-0.39, 0.29) is 0 Å². The molecule has 1 heterocycles. The molecule has 0 aromatic rings. The fourth-order valence-corrected chi connectivity index (χ4v) is 6.06. The van der Waals surface area contributed by atoms with Crippen LogP contribution in [0.15, 0.2) is 11.6 Å². The van der Waals surface area contributed by atoms with E-state index in [1.807, 2.05) is 0 Å². The van der Waals surface area contributed by atoms with E-state index in [2.05, 4.69) is 33.8 Å². The molecule has 1 spiro atoms. The zero-order valence-electron chi connectivity index (χ0n) is 13.5. The summed E-state index contributed by atoms with van der Waals surface area (Å²) in [5, 5.41) is 0.780. The van der Waals surface area contributed by atoms with Crippen molar-refractivity contribution < 1.29 is 0 Å². The molecule has 2 fully saturated rings. The first-order valence-electron chi connectivity index (χ1n) is 8.29. The lowest BCUT2D eigenvalue weighted by Gasteiger charge is -2.49. The molecule has 0 radical (unpaired) electrons. The maximum atomic E-state index is 2.50. The first-order chi connectivity index (χ1) is 8.91. The van der Waals surface area contributed by atoms with E-state index >= 15 is 0 Å². The van der Waals surface area contributed by atoms with Gasteiger partial charge in [-0.05, 0) is 68.6 Å². The van der Waals surface area contributed by atoms with Gasteiger partial charge in [-0.1, -0.05) is 44.8 Å². The van der Waals surface area contributed by atoms with Crippen LogP contribution in [-0.4, -0.2) is 11.3 Å². The molecule has 0 N–H and O–H groups in total. The molecular formula is C18H33P. The topological polar surface area (TPSA) is 0 Å². The summed E-state index contributed by atoms with van der Waals surface area (Å²) in [4.78, 5) is 0. The van der Waals surface area contributed by atoms with Crippen LogP contribution in [-0.2, 0) is 0 Å². The van der Waals surface area contributed by atoms with Gasteiger partial charge >= 0.3 is 0 Å². The molecule has 1 unspecified atom stereocenters. The van der Waals surface area contributed by atoms with E-state index in [0.717, 1.165) is 11.1 Å². The Bertz CT molecular complexity index is 317. The predicted octanol–water partition coefficient (Wildman–Crippen LogP) is 6.16. The van der Waals surface area contributed by atoms with Crippen LogP contribution in [0.5, 0.6) is 0 Å². The number of hydrogen-bond donors (Lipinski definition) is 0. The highest BCUT2D eigenvalue weighted by molar-refractivity contribution is 7.40. The highest BCUT2D eigenvalue weighted by Crippen LogP contribution is 2.58. The zero-order chi connectivity index (χ0) is 13.9. The molecule has 1 aliphatic carbocycles. The molecule has 0 nitrogen and oxygen atoms in total. The molecular weight excluding hydrogens is 247 g/mol. The van der Waals surface area contributed by atoms with Crippen LogP contribution >= 0.6 is 8.58 Å². The lowest BCUT2D eigenvalue weighted by Crippen LogP contribution is -2.40. The van der Waals surface area contributed by atoms with Crippen LogP contribution in [0.4, 0.5) is 0 Å². The quantitative estimate of drug-likeness (QED) is 0.419. The molecule has 1 heteroatoms. The molecule has 1 atom stereocenters. The third-order valence-electron chi connectivity index (χ3n) is 5.17. The highest BCUT2D eigenvalue weighted by atomic mass is 31.1. The van der Waals surface area contributed by atoms with Crippen molar-refractivity contribution in [2.75, 3.05) is 6.16 Å². The summed E-state index contributed by atoms with van der Waals surface area (Å²) in [6.07, 6.45) is 15.8. The van der Waals surface area contributed by atoms with Gasteiger partial charge in [0.25, 0.3) is 0 Å². The van der Waals surface area contributed by atoms with Gasteiger partial charge < -0.3 is 0 Å². The monoisotopic (exact) mass is 280 g/mol. The zero-order valence-corrected chi connectivity index (χ0v) is 14.5. The van der Waals surface area contributed by atoms with Gasteiger partial charge in [-0.25, -0.2) is 0 Å². The summed E-state index contributed by atoms with van der Waals surface area (Å²) in [5.41, 5.74) is 2.11. The molecule has 1 saturated carbocycles. The molecule has 19 heavy (non-hydrogen) atoms. The van der Waals surface area contributed by atoms with E-state index in [9.17, 15) is 0 Å². The Balaban J connectivity index is 1.87. The van der Waals surface area contributed by atoms with Crippen molar-refractivity contribution in [2.45, 2.75) is 84.2 Å². The second-order valence-corrected chi connectivity index (χ2v) is 9.92. The maximum Gasteiger partial charge on any atom is -0.0116 e. The van der Waals surface area contributed by atoms with E-state index in [0.29, 0.717) is 5.41 Å². The third-order valence-corrected chi connectivity index (χ3v) is 7.71. The van der Waals surface area contributed by atoms with Crippen molar-refractivity contribution in [2.24, 2.45) is 11.3 Å². The second-order valence-electron chi connectivity index (χ2n) is 8.15. The molecule has 1 aliphatic heterocycles. The minimum atomic E-state index is 0.612. The molecule has 2 rings (SSSR count). The SMILES string of the molecule is CC(C)=CCC1CC2(CCCCCC(C)(C)CP2)C1. The fourth-order valence-electron chi connectivity index (χ4n) is 3.81. The molecule has 0 amide bonds. The Hall–Kier alpha value is 0.170. The number of rotatable bonds is 2. The van der Waals surface area contributed by atoms with Gasteiger partial charge in [0.1, 0.15) is 0 Å². The average molecular weight is 280 g/mol. The molecule has 2 aliphatic rings. The van der Waals surface area contributed by atoms with E-state index < -0.39 is 0 Å². The van der Waals surface area contributed by atoms with Gasteiger partial charge in [0.05, 0.1) is 0 Å². The highest BCUT2D eigenvalue weighted by Gasteiger charge is 2.43. The van der Waals surface area contributed by atoms with Crippen molar-refractivity contribution >= 4 is 8.58 Å². The van der Waals surface area contributed by atoms with Crippen LogP contribution in [0.1, 0.15) is 79.1 Å². The number of allylic oxidation sites excluding steroid dienone is 2. The minimum Gasteiger partial charge on any atom is -0.115 e. The van der Waals surface area contributed by atoms with Gasteiger partial charge in [-0.2, -0.15) is 0 Å². The smallest absolute Gasteiger partial charge is 0.0116 e. The summed E-state index contributed by atoms with van der Waals surface area (Å²) in [6, 6.07) is 0. The summed E-state index contributed by atoms with van der Waals surface area (Å²) >= 11 is 0. The Morgan fingerprint density at radius 3 is 2.47 bits per heavy atom. The second kappa shape index (κ2) is 6.30. The average Bonchev–Trinajstić information content (AvgIpc) is 2.34. The minimum absolute atomic E-state index is 0.612. The summed E-state index contributed by atoms with van der Waals surface area (Å²) in [6.45, 7) is 9.47. The lowest BCUT2D eigenvalue weighted by atomic mass is 9.70. The van der Waals surface area contributed by atoms with Crippen molar-refractivity contribution in [1.82, 2.24) is 0 Å². The summed E-state index contributed by atoms with van der Waals surface area (Å²) < 4.78 is 0. The third kappa shape index (κ3) is 4.59. The van der Waals surface area contributed by atoms with Gasteiger partial charge in [0.2, 0.25) is 0 Å². The Morgan fingerprint density at radius 1 is 1.11 bits per heavy atom. The van der Waals surface area contributed by atoms with E-state index in [1.165, 1.54) is 71.7 Å². The molecule has 0 bridgehead atoms. The molecule has 0 aromatic carbocycles. The van der Waals surface area contributed by atoms with Gasteiger partial charge in [0.15, 0.2) is 0 Å². The molecule has 1 saturated heterocycles. The first kappa shape index (κ1) is 15.6. The Morgan fingerprint density at radius 2 is 1.79 bits per heavy atom. The van der Waals surface area contributed by atoms with Crippen LogP contribution in [0.3, 0.4) is 0 Å². The lowest BCUT2D eigenvalue weighted by molar-refractivity contribution is 0.212. The van der Waals surface area contributed by atoms with Crippen LogP contribution < -0.4 is 0 Å². The van der Waals surface area contributed by atoms with Crippen LogP contribution in [0.25, 0.3) is 0 Å². The van der Waals surface area contributed by atoms with Crippen LogP contribution in [0.2, 0.25) is 0 Å². The molecule has 0 aromatic heterocycles. The van der Waals surface area contributed by atoms with Gasteiger partial charge in [-0.15, -0.1) is 8.58 Å². The Labute approximate surface area is 122 Å². The standard InChI is InChI=1S/C18H33P/c1-15(2)8-9-16-12-18(13-16)11-7-5-6-10-17(3,4)14-19-18/h8,16,19H,5-7,9-14H2,1-4H3. The normalized spacial score (nSPS) is 36.1. The maximum absolute atomic E-state index is 2.50.